The molecule has 15 heavy (non-hydrogen) atoms. The molecule has 2 N–H and O–H groups in total. The first kappa shape index (κ1) is 11.8. The summed E-state index contributed by atoms with van der Waals surface area (Å²) in [4.78, 5) is 0. The summed E-state index contributed by atoms with van der Waals surface area (Å²) in [6, 6.07) is 6.10. The van der Waals surface area contributed by atoms with E-state index in [1.165, 1.54) is 0 Å². The van der Waals surface area contributed by atoms with Crippen LogP contribution in [-0.4, -0.2) is 11.3 Å². The van der Waals surface area contributed by atoms with E-state index in [9.17, 15) is 0 Å². The van der Waals surface area contributed by atoms with Crippen LogP contribution in [0, 0.1) is 12.3 Å². The first-order chi connectivity index (χ1) is 6.81. The van der Waals surface area contributed by atoms with Crippen molar-refractivity contribution >= 4 is 11.4 Å². The number of aryl methyl sites for hydroxylation is 1. The molecule has 0 spiro atoms. The third-order valence-corrected chi connectivity index (χ3v) is 2.16. The molecular formula is C13H20N2. The minimum Gasteiger partial charge on any atom is -0.380 e. The van der Waals surface area contributed by atoms with Crippen molar-refractivity contribution in [2.45, 2.75) is 40.2 Å². The van der Waals surface area contributed by atoms with E-state index in [1.807, 2.05) is 32.0 Å². The molecule has 0 fully saturated rings. The van der Waals surface area contributed by atoms with Gasteiger partial charge in [0.2, 0.25) is 0 Å². The van der Waals surface area contributed by atoms with E-state index in [0.29, 0.717) is 5.71 Å². The molecular weight excluding hydrogens is 184 g/mol. The molecule has 0 radical (unpaired) electrons. The van der Waals surface area contributed by atoms with Crippen molar-refractivity contribution in [2.24, 2.45) is 0 Å². The smallest absolute Gasteiger partial charge is 0.0438 e. The lowest BCUT2D eigenvalue weighted by Gasteiger charge is -2.24. The highest BCUT2D eigenvalue weighted by Gasteiger charge is 2.13. The summed E-state index contributed by atoms with van der Waals surface area (Å²) in [6.45, 7) is 10.2. The third kappa shape index (κ3) is 3.08. The highest BCUT2D eigenvalue weighted by molar-refractivity contribution is 6.02. The predicted molar refractivity (Wildman–Crippen MR) is 67.1 cm³/mol. The summed E-state index contributed by atoms with van der Waals surface area (Å²) < 4.78 is 0. The van der Waals surface area contributed by atoms with Gasteiger partial charge in [0.15, 0.2) is 0 Å². The molecule has 0 aromatic heterocycles. The molecule has 0 atom stereocenters. The summed E-state index contributed by atoms with van der Waals surface area (Å²) in [5.74, 6) is 0. The monoisotopic (exact) mass is 204 g/mol. The molecule has 0 saturated carbocycles. The van der Waals surface area contributed by atoms with Gasteiger partial charge in [0.05, 0.1) is 0 Å². The van der Waals surface area contributed by atoms with E-state index in [4.69, 9.17) is 5.41 Å². The van der Waals surface area contributed by atoms with Gasteiger partial charge in [0, 0.05) is 22.5 Å². The Morgan fingerprint density at radius 2 is 1.87 bits per heavy atom. The molecule has 0 saturated heterocycles. The highest BCUT2D eigenvalue weighted by atomic mass is 15.0. The Hall–Kier alpha value is -1.31. The molecule has 2 heteroatoms. The lowest BCUT2D eigenvalue weighted by molar-refractivity contribution is 0.634. The summed E-state index contributed by atoms with van der Waals surface area (Å²) in [5.41, 5.74) is 3.86. The average Bonchev–Trinajstić information content (AvgIpc) is 1.99. The van der Waals surface area contributed by atoms with Crippen LogP contribution in [0.1, 0.15) is 38.8 Å². The van der Waals surface area contributed by atoms with Gasteiger partial charge in [0.25, 0.3) is 0 Å². The van der Waals surface area contributed by atoms with Gasteiger partial charge >= 0.3 is 0 Å². The zero-order valence-electron chi connectivity index (χ0n) is 10.2. The molecule has 1 aromatic rings. The Kier molecular flexibility index (Phi) is 3.18. The molecule has 0 heterocycles. The maximum atomic E-state index is 7.78. The SMILES string of the molecule is CC(=N)c1c(C)cccc1NC(C)(C)C. The van der Waals surface area contributed by atoms with Crippen molar-refractivity contribution in [3.8, 4) is 0 Å². The number of hydrogen-bond acceptors (Lipinski definition) is 2. The first-order valence-electron chi connectivity index (χ1n) is 5.24. The second kappa shape index (κ2) is 4.05. The van der Waals surface area contributed by atoms with Gasteiger partial charge in [-0.1, -0.05) is 12.1 Å². The molecule has 0 aliphatic rings. The standard InChI is InChI=1S/C13H20N2/c1-9-7-6-8-11(12(9)10(2)14)15-13(3,4)5/h6-8,14-15H,1-5H3. The zero-order valence-corrected chi connectivity index (χ0v) is 10.2. The number of rotatable bonds is 2. The van der Waals surface area contributed by atoms with E-state index >= 15 is 0 Å². The van der Waals surface area contributed by atoms with Gasteiger partial charge in [-0.15, -0.1) is 0 Å². The van der Waals surface area contributed by atoms with Crippen LogP contribution in [0.5, 0.6) is 0 Å². The fourth-order valence-corrected chi connectivity index (χ4v) is 1.67. The molecule has 1 rings (SSSR count). The Morgan fingerprint density at radius 3 is 2.33 bits per heavy atom. The number of benzene rings is 1. The predicted octanol–water partition coefficient (Wildman–Crippen LogP) is 3.59. The van der Waals surface area contributed by atoms with E-state index in [1.54, 1.807) is 0 Å². The van der Waals surface area contributed by atoms with E-state index in [0.717, 1.165) is 16.8 Å². The molecule has 0 aliphatic heterocycles. The van der Waals surface area contributed by atoms with E-state index in [2.05, 4.69) is 26.1 Å². The van der Waals surface area contributed by atoms with Gasteiger partial charge in [-0.3, -0.25) is 0 Å². The molecule has 0 aliphatic carbocycles. The van der Waals surface area contributed by atoms with Crippen molar-refractivity contribution in [3.05, 3.63) is 29.3 Å². The second-order valence-corrected chi connectivity index (χ2v) is 5.00. The van der Waals surface area contributed by atoms with Gasteiger partial charge in [-0.25, -0.2) is 0 Å². The number of nitrogens with one attached hydrogen (secondary N) is 2. The fraction of sp³-hybridized carbons (Fsp3) is 0.462. The molecule has 1 aromatic carbocycles. The average molecular weight is 204 g/mol. The topological polar surface area (TPSA) is 35.9 Å². The van der Waals surface area contributed by atoms with E-state index < -0.39 is 0 Å². The Morgan fingerprint density at radius 1 is 1.27 bits per heavy atom. The van der Waals surface area contributed by atoms with Crippen molar-refractivity contribution < 1.29 is 0 Å². The summed E-state index contributed by atoms with van der Waals surface area (Å²) in [6.07, 6.45) is 0. The molecule has 0 amide bonds. The molecule has 0 bridgehead atoms. The lowest BCUT2D eigenvalue weighted by Crippen LogP contribution is -2.27. The normalized spacial score (nSPS) is 11.3. The maximum Gasteiger partial charge on any atom is 0.0438 e. The zero-order chi connectivity index (χ0) is 11.6. The highest BCUT2D eigenvalue weighted by Crippen LogP contribution is 2.23. The fourth-order valence-electron chi connectivity index (χ4n) is 1.67. The van der Waals surface area contributed by atoms with Crippen LogP contribution in [0.2, 0.25) is 0 Å². The Labute approximate surface area is 92.2 Å². The maximum absolute atomic E-state index is 7.78. The Bertz CT molecular complexity index is 373. The number of anilines is 1. The summed E-state index contributed by atoms with van der Waals surface area (Å²) in [5, 5.41) is 11.2. The summed E-state index contributed by atoms with van der Waals surface area (Å²) >= 11 is 0. The third-order valence-electron chi connectivity index (χ3n) is 2.16. The minimum absolute atomic E-state index is 0.0258. The van der Waals surface area contributed by atoms with Gasteiger partial charge in [-0.05, 0) is 46.2 Å². The van der Waals surface area contributed by atoms with Gasteiger partial charge in [-0.2, -0.15) is 0 Å². The number of hydrogen-bond donors (Lipinski definition) is 2. The van der Waals surface area contributed by atoms with Crippen molar-refractivity contribution in [1.29, 1.82) is 5.41 Å². The lowest BCUT2D eigenvalue weighted by atomic mass is 10.0. The molecule has 2 nitrogen and oxygen atoms in total. The van der Waals surface area contributed by atoms with Crippen LogP contribution in [-0.2, 0) is 0 Å². The van der Waals surface area contributed by atoms with Crippen LogP contribution < -0.4 is 5.32 Å². The first-order valence-corrected chi connectivity index (χ1v) is 5.24. The van der Waals surface area contributed by atoms with Crippen molar-refractivity contribution in [1.82, 2.24) is 0 Å². The van der Waals surface area contributed by atoms with Crippen LogP contribution in [0.25, 0.3) is 0 Å². The van der Waals surface area contributed by atoms with E-state index in [-0.39, 0.29) is 5.54 Å². The minimum atomic E-state index is 0.0258. The Balaban J connectivity index is 3.18. The molecule has 0 unspecified atom stereocenters. The van der Waals surface area contributed by atoms with Crippen molar-refractivity contribution in [3.63, 3.8) is 0 Å². The van der Waals surface area contributed by atoms with Gasteiger partial charge < -0.3 is 10.7 Å². The van der Waals surface area contributed by atoms with Gasteiger partial charge in [0.1, 0.15) is 0 Å². The summed E-state index contributed by atoms with van der Waals surface area (Å²) in [7, 11) is 0. The quantitative estimate of drug-likeness (QED) is 0.709. The van der Waals surface area contributed by atoms with Crippen LogP contribution >= 0.6 is 0 Å². The largest absolute Gasteiger partial charge is 0.380 e. The van der Waals surface area contributed by atoms with Crippen molar-refractivity contribution in [2.75, 3.05) is 5.32 Å². The van der Waals surface area contributed by atoms with Crippen LogP contribution in [0.15, 0.2) is 18.2 Å². The molecule has 82 valence electrons. The van der Waals surface area contributed by atoms with Crippen LogP contribution in [0.4, 0.5) is 5.69 Å². The van der Waals surface area contributed by atoms with Crippen LogP contribution in [0.3, 0.4) is 0 Å². The second-order valence-electron chi connectivity index (χ2n) is 5.00.